The van der Waals surface area contributed by atoms with Gasteiger partial charge in [-0.15, -0.1) is 0 Å². The quantitative estimate of drug-likeness (QED) is 0.825. The van der Waals surface area contributed by atoms with Crippen LogP contribution in [0.15, 0.2) is 36.4 Å². The molecule has 0 bridgehead atoms. The van der Waals surface area contributed by atoms with Crippen molar-refractivity contribution in [3.63, 3.8) is 0 Å². The van der Waals surface area contributed by atoms with Gasteiger partial charge < -0.3 is 10.1 Å². The first kappa shape index (κ1) is 17.9. The van der Waals surface area contributed by atoms with E-state index in [9.17, 15) is 14.0 Å². The molecule has 2 aromatic carbocycles. The lowest BCUT2D eigenvalue weighted by molar-refractivity contribution is -0.115. The monoisotopic (exact) mass is 349 g/mol. The third-order valence-electron chi connectivity index (χ3n) is 3.47. The van der Waals surface area contributed by atoms with E-state index in [4.69, 9.17) is 16.3 Å². The Morgan fingerprint density at radius 2 is 2.00 bits per heavy atom. The highest BCUT2D eigenvalue weighted by Crippen LogP contribution is 2.21. The molecule has 0 unspecified atom stereocenters. The lowest BCUT2D eigenvalue weighted by Gasteiger charge is -2.12. The van der Waals surface area contributed by atoms with Crippen LogP contribution in [0.1, 0.15) is 28.4 Å². The van der Waals surface area contributed by atoms with E-state index in [1.54, 1.807) is 32.0 Å². The number of hydrogen-bond acceptors (Lipinski definition) is 3. The minimum Gasteiger partial charge on any atom is -0.462 e. The van der Waals surface area contributed by atoms with Crippen LogP contribution >= 0.6 is 11.6 Å². The fourth-order valence-corrected chi connectivity index (χ4v) is 2.39. The molecule has 6 heteroatoms. The maximum atomic E-state index is 13.8. The average molecular weight is 350 g/mol. The summed E-state index contributed by atoms with van der Waals surface area (Å²) in [6.07, 6.45) is -0.133. The summed E-state index contributed by atoms with van der Waals surface area (Å²) in [6, 6.07) is 9.11. The lowest BCUT2D eigenvalue weighted by atomic mass is 10.1. The maximum Gasteiger partial charge on any atom is 0.338 e. The zero-order valence-corrected chi connectivity index (χ0v) is 14.1. The highest BCUT2D eigenvalue weighted by Gasteiger charge is 2.15. The maximum absolute atomic E-state index is 13.8. The number of nitrogens with one attached hydrogen (secondary N) is 1. The zero-order chi connectivity index (χ0) is 17.7. The first-order valence-electron chi connectivity index (χ1n) is 7.43. The molecule has 2 rings (SSSR count). The molecule has 0 aliphatic heterocycles. The molecule has 0 heterocycles. The van der Waals surface area contributed by atoms with E-state index in [1.807, 2.05) is 0 Å². The normalized spacial score (nSPS) is 10.3. The van der Waals surface area contributed by atoms with Crippen LogP contribution in [0.2, 0.25) is 5.02 Å². The van der Waals surface area contributed by atoms with Crippen LogP contribution in [0, 0.1) is 12.7 Å². The number of halogens is 2. The Bertz CT molecular complexity index is 777. The molecule has 0 saturated carbocycles. The molecule has 0 spiro atoms. The Morgan fingerprint density at radius 3 is 2.67 bits per heavy atom. The molecule has 4 nitrogen and oxygen atoms in total. The molecule has 0 fully saturated rings. The molecule has 126 valence electrons. The van der Waals surface area contributed by atoms with Crippen molar-refractivity contribution < 1.29 is 18.7 Å². The number of carbonyl (C=O) groups is 2. The van der Waals surface area contributed by atoms with E-state index < -0.39 is 11.8 Å². The minimum absolute atomic E-state index is 0.133. The van der Waals surface area contributed by atoms with Crippen molar-refractivity contribution >= 4 is 29.2 Å². The Kier molecular flexibility index (Phi) is 5.93. The van der Waals surface area contributed by atoms with E-state index >= 15 is 0 Å². The molecule has 1 amide bonds. The summed E-state index contributed by atoms with van der Waals surface area (Å²) in [5.41, 5.74) is 1.71. The van der Waals surface area contributed by atoms with Crippen LogP contribution in [-0.2, 0) is 16.0 Å². The van der Waals surface area contributed by atoms with Crippen molar-refractivity contribution in [1.82, 2.24) is 0 Å². The second kappa shape index (κ2) is 7.93. The summed E-state index contributed by atoms with van der Waals surface area (Å²) in [7, 11) is 0. The molecule has 0 aliphatic carbocycles. The molecule has 0 aliphatic rings. The Labute approximate surface area is 144 Å². The summed E-state index contributed by atoms with van der Waals surface area (Å²) in [4.78, 5) is 24.0. The van der Waals surface area contributed by atoms with E-state index in [2.05, 4.69) is 5.32 Å². The Hall–Kier alpha value is -2.40. The SMILES string of the molecule is CCOC(=O)c1cccc(NC(=O)Cc2ccc(Cl)cc2F)c1C. The van der Waals surface area contributed by atoms with Crippen LogP contribution in [-0.4, -0.2) is 18.5 Å². The number of anilines is 1. The molecular weight excluding hydrogens is 333 g/mol. The third-order valence-corrected chi connectivity index (χ3v) is 3.70. The Balaban J connectivity index is 2.14. The van der Waals surface area contributed by atoms with Gasteiger partial charge in [0.2, 0.25) is 5.91 Å². The van der Waals surface area contributed by atoms with Gasteiger partial charge in [0.15, 0.2) is 0 Å². The molecule has 0 atom stereocenters. The van der Waals surface area contributed by atoms with Crippen molar-refractivity contribution in [3.8, 4) is 0 Å². The Morgan fingerprint density at radius 1 is 1.25 bits per heavy atom. The first-order chi connectivity index (χ1) is 11.4. The lowest BCUT2D eigenvalue weighted by Crippen LogP contribution is -2.17. The molecule has 0 aromatic heterocycles. The van der Waals surface area contributed by atoms with Crippen LogP contribution < -0.4 is 5.32 Å². The summed E-state index contributed by atoms with van der Waals surface area (Å²) in [5, 5.41) is 2.96. The van der Waals surface area contributed by atoms with Gasteiger partial charge in [0.05, 0.1) is 18.6 Å². The van der Waals surface area contributed by atoms with Crippen molar-refractivity contribution in [3.05, 3.63) is 63.9 Å². The number of esters is 1. The largest absolute Gasteiger partial charge is 0.462 e. The fraction of sp³-hybridized carbons (Fsp3) is 0.222. The van der Waals surface area contributed by atoms with Crippen LogP contribution in [0.3, 0.4) is 0 Å². The number of hydrogen-bond donors (Lipinski definition) is 1. The van der Waals surface area contributed by atoms with Gasteiger partial charge in [-0.05, 0) is 49.2 Å². The highest BCUT2D eigenvalue weighted by molar-refractivity contribution is 6.30. The van der Waals surface area contributed by atoms with Crippen molar-refractivity contribution in [1.29, 1.82) is 0 Å². The number of benzene rings is 2. The predicted molar refractivity (Wildman–Crippen MR) is 90.9 cm³/mol. The second-order valence-electron chi connectivity index (χ2n) is 5.16. The summed E-state index contributed by atoms with van der Waals surface area (Å²) < 4.78 is 18.7. The van der Waals surface area contributed by atoms with Gasteiger partial charge in [0.1, 0.15) is 5.82 Å². The van der Waals surface area contributed by atoms with Crippen LogP contribution in [0.25, 0.3) is 0 Å². The predicted octanol–water partition coefficient (Wildman–Crippen LogP) is 4.15. The van der Waals surface area contributed by atoms with Gasteiger partial charge in [-0.1, -0.05) is 23.7 Å². The third kappa shape index (κ3) is 4.32. The van der Waals surface area contributed by atoms with Crippen molar-refractivity contribution in [2.24, 2.45) is 0 Å². The van der Waals surface area contributed by atoms with Crippen molar-refractivity contribution in [2.75, 3.05) is 11.9 Å². The smallest absolute Gasteiger partial charge is 0.338 e. The van der Waals surface area contributed by atoms with E-state index in [1.165, 1.54) is 12.1 Å². The molecule has 2 aromatic rings. The molecular formula is C18H17ClFNO3. The van der Waals surface area contributed by atoms with Crippen molar-refractivity contribution in [2.45, 2.75) is 20.3 Å². The highest BCUT2D eigenvalue weighted by atomic mass is 35.5. The summed E-state index contributed by atoms with van der Waals surface area (Å²) in [6.45, 7) is 3.70. The van der Waals surface area contributed by atoms with Gasteiger partial charge in [-0.2, -0.15) is 0 Å². The van der Waals surface area contributed by atoms with E-state index in [0.29, 0.717) is 16.8 Å². The average Bonchev–Trinajstić information content (AvgIpc) is 2.52. The fourth-order valence-electron chi connectivity index (χ4n) is 2.23. The number of carbonyl (C=O) groups excluding carboxylic acids is 2. The molecule has 0 radical (unpaired) electrons. The van der Waals surface area contributed by atoms with Gasteiger partial charge >= 0.3 is 5.97 Å². The van der Waals surface area contributed by atoms with E-state index in [-0.39, 0.29) is 29.5 Å². The zero-order valence-electron chi connectivity index (χ0n) is 13.4. The van der Waals surface area contributed by atoms with Crippen LogP contribution in [0.5, 0.6) is 0 Å². The molecule has 24 heavy (non-hydrogen) atoms. The number of amides is 1. The van der Waals surface area contributed by atoms with E-state index in [0.717, 1.165) is 6.07 Å². The molecule has 1 N–H and O–H groups in total. The first-order valence-corrected chi connectivity index (χ1v) is 7.80. The standard InChI is InChI=1S/C18H17ClFNO3/c1-3-24-18(23)14-5-4-6-16(11(14)2)21-17(22)9-12-7-8-13(19)10-15(12)20/h4-8,10H,3,9H2,1-2H3,(H,21,22). The summed E-state index contributed by atoms with van der Waals surface area (Å²) in [5.74, 6) is -1.37. The molecule has 0 saturated heterocycles. The second-order valence-corrected chi connectivity index (χ2v) is 5.60. The summed E-state index contributed by atoms with van der Waals surface area (Å²) >= 11 is 5.69. The van der Waals surface area contributed by atoms with Gasteiger partial charge in [-0.25, -0.2) is 9.18 Å². The van der Waals surface area contributed by atoms with Gasteiger partial charge in [0.25, 0.3) is 0 Å². The minimum atomic E-state index is -0.533. The number of rotatable bonds is 5. The van der Waals surface area contributed by atoms with Gasteiger partial charge in [-0.3, -0.25) is 4.79 Å². The topological polar surface area (TPSA) is 55.4 Å². The van der Waals surface area contributed by atoms with Gasteiger partial charge in [0, 0.05) is 10.7 Å². The van der Waals surface area contributed by atoms with Crippen LogP contribution in [0.4, 0.5) is 10.1 Å². The number of ether oxygens (including phenoxy) is 1.